The average molecular weight is 398 g/mol. The predicted molar refractivity (Wildman–Crippen MR) is 116 cm³/mol. The molecule has 0 bridgehead atoms. The molecule has 2 aromatic carbocycles. The Kier molecular flexibility index (Phi) is 6.18. The van der Waals surface area contributed by atoms with Gasteiger partial charge in [0.2, 0.25) is 5.91 Å². The molecule has 2 aliphatic heterocycles. The molecule has 28 heavy (non-hydrogen) atoms. The van der Waals surface area contributed by atoms with Gasteiger partial charge >= 0.3 is 0 Å². The number of hydrogen-bond acceptors (Lipinski definition) is 3. The molecule has 2 heterocycles. The van der Waals surface area contributed by atoms with E-state index in [0.29, 0.717) is 6.42 Å². The molecule has 1 fully saturated rings. The molecule has 0 saturated carbocycles. The maximum atomic E-state index is 12.6. The second-order valence-corrected chi connectivity index (χ2v) is 8.13. The number of anilines is 2. The summed E-state index contributed by atoms with van der Waals surface area (Å²) in [7, 11) is 0. The smallest absolute Gasteiger partial charge is 0.226 e. The van der Waals surface area contributed by atoms with Gasteiger partial charge in [0.1, 0.15) is 0 Å². The second-order valence-electron chi connectivity index (χ2n) is 7.69. The Balaban J connectivity index is 1.16. The predicted octanol–water partition coefficient (Wildman–Crippen LogP) is 4.22. The molecular formula is C23H28ClN3O. The van der Waals surface area contributed by atoms with Crippen molar-refractivity contribution < 1.29 is 4.79 Å². The number of para-hydroxylation sites is 1. The molecule has 0 radical (unpaired) electrons. The number of fused-ring (bicyclic) bond motifs is 1. The molecule has 0 aliphatic carbocycles. The summed E-state index contributed by atoms with van der Waals surface area (Å²) in [4.78, 5) is 19.5. The highest BCUT2D eigenvalue weighted by Gasteiger charge is 2.23. The first-order valence-corrected chi connectivity index (χ1v) is 10.7. The Morgan fingerprint density at radius 2 is 1.75 bits per heavy atom. The quantitative estimate of drug-likeness (QED) is 0.683. The Labute approximate surface area is 172 Å². The fourth-order valence-electron chi connectivity index (χ4n) is 4.25. The Hall–Kier alpha value is -2.04. The zero-order chi connectivity index (χ0) is 19.3. The molecule has 1 saturated heterocycles. The monoisotopic (exact) mass is 397 g/mol. The van der Waals surface area contributed by atoms with E-state index >= 15 is 0 Å². The third kappa shape index (κ3) is 4.50. The topological polar surface area (TPSA) is 26.8 Å². The van der Waals surface area contributed by atoms with Crippen molar-refractivity contribution in [2.75, 3.05) is 49.1 Å². The van der Waals surface area contributed by atoms with Gasteiger partial charge in [-0.15, -0.1) is 0 Å². The van der Waals surface area contributed by atoms with E-state index in [1.165, 1.54) is 11.3 Å². The van der Waals surface area contributed by atoms with Crippen LogP contribution in [0.3, 0.4) is 0 Å². The summed E-state index contributed by atoms with van der Waals surface area (Å²) in [5.74, 6) is 0.274. The van der Waals surface area contributed by atoms with Gasteiger partial charge in [0, 0.05) is 55.5 Å². The van der Waals surface area contributed by atoms with Gasteiger partial charge in [-0.2, -0.15) is 0 Å². The molecule has 2 aromatic rings. The molecule has 0 aromatic heterocycles. The van der Waals surface area contributed by atoms with Crippen molar-refractivity contribution in [3.63, 3.8) is 0 Å². The molecule has 0 atom stereocenters. The zero-order valence-electron chi connectivity index (χ0n) is 16.3. The van der Waals surface area contributed by atoms with Crippen LogP contribution in [0.15, 0.2) is 48.5 Å². The molecule has 148 valence electrons. The lowest BCUT2D eigenvalue weighted by molar-refractivity contribution is -0.118. The van der Waals surface area contributed by atoms with E-state index in [1.807, 2.05) is 29.2 Å². The lowest BCUT2D eigenvalue weighted by atomic mass is 10.1. The average Bonchev–Trinajstić information content (AvgIpc) is 3.16. The van der Waals surface area contributed by atoms with Gasteiger partial charge in [-0.1, -0.05) is 35.9 Å². The summed E-state index contributed by atoms with van der Waals surface area (Å²) < 4.78 is 0. The minimum absolute atomic E-state index is 0.274. The van der Waals surface area contributed by atoms with Crippen molar-refractivity contribution in [3.05, 3.63) is 59.1 Å². The second kappa shape index (κ2) is 8.97. The minimum Gasteiger partial charge on any atom is -0.369 e. The van der Waals surface area contributed by atoms with Crippen molar-refractivity contribution in [1.29, 1.82) is 0 Å². The van der Waals surface area contributed by atoms with Crippen molar-refractivity contribution in [2.45, 2.75) is 25.7 Å². The Morgan fingerprint density at radius 1 is 0.929 bits per heavy atom. The summed E-state index contributed by atoms with van der Waals surface area (Å²) in [5.41, 5.74) is 3.63. The van der Waals surface area contributed by atoms with E-state index in [4.69, 9.17) is 11.6 Å². The van der Waals surface area contributed by atoms with E-state index in [9.17, 15) is 4.79 Å². The highest BCUT2D eigenvalue weighted by atomic mass is 35.5. The van der Waals surface area contributed by atoms with Crippen LogP contribution in [0.25, 0.3) is 0 Å². The van der Waals surface area contributed by atoms with Crippen LogP contribution in [0.4, 0.5) is 11.4 Å². The van der Waals surface area contributed by atoms with E-state index in [1.54, 1.807) is 0 Å². The van der Waals surface area contributed by atoms with Gasteiger partial charge in [-0.3, -0.25) is 9.69 Å². The number of carbonyl (C=O) groups is 1. The number of amides is 1. The number of piperazine rings is 1. The molecule has 2 aliphatic rings. The van der Waals surface area contributed by atoms with E-state index < -0.39 is 0 Å². The van der Waals surface area contributed by atoms with E-state index in [-0.39, 0.29) is 5.91 Å². The number of rotatable bonds is 6. The fourth-order valence-corrected chi connectivity index (χ4v) is 4.43. The molecule has 0 spiro atoms. The van der Waals surface area contributed by atoms with Crippen LogP contribution in [0.1, 0.15) is 24.8 Å². The first-order valence-electron chi connectivity index (χ1n) is 10.3. The minimum atomic E-state index is 0.274. The molecule has 0 unspecified atom stereocenters. The number of carbonyl (C=O) groups excluding carboxylic acids is 1. The standard InChI is InChI=1S/C23H28ClN3O/c24-20-7-5-8-21(18-20)26-16-14-25(15-17-26)12-4-3-10-23(28)27-13-11-19-6-1-2-9-22(19)27/h1-2,5-9,18H,3-4,10-17H2. The number of halogens is 1. The van der Waals surface area contributed by atoms with Gasteiger partial charge in [0.05, 0.1) is 0 Å². The molecule has 0 N–H and O–H groups in total. The summed E-state index contributed by atoms with van der Waals surface area (Å²) in [6.45, 7) is 6.12. The normalized spacial score (nSPS) is 17.0. The van der Waals surface area contributed by atoms with Gasteiger partial charge in [-0.25, -0.2) is 0 Å². The van der Waals surface area contributed by atoms with Crippen molar-refractivity contribution in [1.82, 2.24) is 4.90 Å². The third-order valence-corrected chi connectivity index (χ3v) is 6.08. The maximum Gasteiger partial charge on any atom is 0.226 e. The van der Waals surface area contributed by atoms with Gasteiger partial charge < -0.3 is 9.80 Å². The zero-order valence-corrected chi connectivity index (χ0v) is 17.1. The van der Waals surface area contributed by atoms with Crippen LogP contribution < -0.4 is 9.80 Å². The van der Waals surface area contributed by atoms with Crippen LogP contribution in [0.5, 0.6) is 0 Å². The Morgan fingerprint density at radius 3 is 2.57 bits per heavy atom. The van der Waals surface area contributed by atoms with Crippen molar-refractivity contribution in [3.8, 4) is 0 Å². The number of nitrogens with zero attached hydrogens (tertiary/aromatic N) is 3. The van der Waals surface area contributed by atoms with Gasteiger partial charge in [-0.05, 0) is 55.6 Å². The van der Waals surface area contributed by atoms with Gasteiger partial charge in [0.25, 0.3) is 0 Å². The summed E-state index contributed by atoms with van der Waals surface area (Å²) in [6, 6.07) is 16.4. The third-order valence-electron chi connectivity index (χ3n) is 5.85. The summed E-state index contributed by atoms with van der Waals surface area (Å²) in [6.07, 6.45) is 3.68. The van der Waals surface area contributed by atoms with Crippen LogP contribution in [-0.2, 0) is 11.2 Å². The van der Waals surface area contributed by atoms with Gasteiger partial charge in [0.15, 0.2) is 0 Å². The molecule has 4 rings (SSSR count). The number of hydrogen-bond donors (Lipinski definition) is 0. The van der Waals surface area contributed by atoms with Crippen molar-refractivity contribution in [2.24, 2.45) is 0 Å². The summed E-state index contributed by atoms with van der Waals surface area (Å²) in [5, 5.41) is 0.797. The molecule has 1 amide bonds. The SMILES string of the molecule is O=C(CCCCN1CCN(c2cccc(Cl)c2)CC1)N1CCc2ccccc21. The van der Waals surface area contributed by atoms with E-state index in [2.05, 4.69) is 34.1 Å². The highest BCUT2D eigenvalue weighted by molar-refractivity contribution is 6.30. The first kappa shape index (κ1) is 19.3. The van der Waals surface area contributed by atoms with Crippen LogP contribution in [0, 0.1) is 0 Å². The highest BCUT2D eigenvalue weighted by Crippen LogP contribution is 2.28. The number of benzene rings is 2. The molecular weight excluding hydrogens is 370 g/mol. The lowest BCUT2D eigenvalue weighted by Crippen LogP contribution is -2.46. The lowest BCUT2D eigenvalue weighted by Gasteiger charge is -2.36. The molecule has 5 heteroatoms. The summed E-state index contributed by atoms with van der Waals surface area (Å²) >= 11 is 6.11. The fraction of sp³-hybridized carbons (Fsp3) is 0.435. The molecule has 4 nitrogen and oxygen atoms in total. The first-order chi connectivity index (χ1) is 13.7. The van der Waals surface area contributed by atoms with Crippen LogP contribution in [0.2, 0.25) is 5.02 Å². The van der Waals surface area contributed by atoms with Crippen LogP contribution in [-0.4, -0.2) is 50.1 Å². The largest absolute Gasteiger partial charge is 0.369 e. The van der Waals surface area contributed by atoms with Crippen molar-refractivity contribution >= 4 is 28.9 Å². The Bertz CT molecular complexity index is 817. The maximum absolute atomic E-state index is 12.6. The van der Waals surface area contributed by atoms with E-state index in [0.717, 1.165) is 69.2 Å². The number of unbranched alkanes of at least 4 members (excludes halogenated alkanes) is 1. The van der Waals surface area contributed by atoms with Crippen LogP contribution >= 0.6 is 11.6 Å².